The van der Waals surface area contributed by atoms with E-state index in [1.54, 1.807) is 0 Å². The fraction of sp³-hybridized carbons (Fsp3) is 0.526. The molecule has 3 rings (SSSR count). The van der Waals surface area contributed by atoms with Gasteiger partial charge in [-0.1, -0.05) is 49.6 Å². The third kappa shape index (κ3) is 3.38. The molecular formula is C19H24N2O4. The number of carbonyl (C=O) groups excluding carboxylic acids is 3. The van der Waals surface area contributed by atoms with E-state index in [4.69, 9.17) is 4.74 Å². The quantitative estimate of drug-likeness (QED) is 0.673. The van der Waals surface area contributed by atoms with Crippen LogP contribution >= 0.6 is 0 Å². The lowest BCUT2D eigenvalue weighted by Crippen LogP contribution is -2.54. The molecule has 1 aromatic rings. The fourth-order valence-electron chi connectivity index (χ4n) is 3.66. The first-order valence-electron chi connectivity index (χ1n) is 8.77. The van der Waals surface area contributed by atoms with Gasteiger partial charge in [-0.3, -0.25) is 14.5 Å². The predicted molar refractivity (Wildman–Crippen MR) is 91.6 cm³/mol. The smallest absolute Gasteiger partial charge is 0.326 e. The van der Waals surface area contributed by atoms with Gasteiger partial charge in [0.2, 0.25) is 0 Å². The van der Waals surface area contributed by atoms with Crippen LogP contribution in [0, 0.1) is 12.8 Å². The van der Waals surface area contributed by atoms with Crippen LogP contribution in [0.1, 0.15) is 43.7 Å². The van der Waals surface area contributed by atoms with Gasteiger partial charge in [0.1, 0.15) is 18.7 Å². The Hall–Kier alpha value is -2.37. The highest BCUT2D eigenvalue weighted by Crippen LogP contribution is 2.38. The van der Waals surface area contributed by atoms with Gasteiger partial charge in [-0.15, -0.1) is 0 Å². The minimum atomic E-state index is -0.841. The number of aryl methyl sites for hydroxylation is 1. The number of esters is 1. The topological polar surface area (TPSA) is 75.7 Å². The molecule has 0 radical (unpaired) electrons. The summed E-state index contributed by atoms with van der Waals surface area (Å²) in [5, 5.41) is 2.83. The summed E-state index contributed by atoms with van der Waals surface area (Å²) in [6, 6.07) is 7.15. The molecule has 0 aromatic heterocycles. The Labute approximate surface area is 147 Å². The van der Waals surface area contributed by atoms with Gasteiger partial charge in [0.15, 0.2) is 0 Å². The maximum atomic E-state index is 12.8. The summed E-state index contributed by atoms with van der Waals surface area (Å²) < 4.78 is 5.22. The molecule has 1 saturated heterocycles. The second-order valence-corrected chi connectivity index (χ2v) is 7.09. The molecular weight excluding hydrogens is 320 g/mol. The SMILES string of the molecule is Cc1ccc(COC(=O)CN2C(=O)N[C@@]3(CCCC[C@H]3C)C2=O)cc1. The van der Waals surface area contributed by atoms with Gasteiger partial charge in [-0.25, -0.2) is 4.79 Å². The van der Waals surface area contributed by atoms with Crippen molar-refractivity contribution in [2.45, 2.75) is 51.7 Å². The van der Waals surface area contributed by atoms with Crippen LogP contribution in [0.25, 0.3) is 0 Å². The Morgan fingerprint density at radius 1 is 1.28 bits per heavy atom. The number of hydrogen-bond donors (Lipinski definition) is 1. The van der Waals surface area contributed by atoms with E-state index in [1.807, 2.05) is 38.1 Å². The maximum absolute atomic E-state index is 12.8. The summed E-state index contributed by atoms with van der Waals surface area (Å²) in [7, 11) is 0. The molecule has 3 amide bonds. The minimum Gasteiger partial charge on any atom is -0.459 e. The van der Waals surface area contributed by atoms with Crippen molar-refractivity contribution in [2.24, 2.45) is 5.92 Å². The number of imide groups is 1. The first-order valence-corrected chi connectivity index (χ1v) is 8.77. The Kier molecular flexibility index (Phi) is 4.79. The van der Waals surface area contributed by atoms with E-state index < -0.39 is 17.5 Å². The van der Waals surface area contributed by atoms with Crippen molar-refractivity contribution in [2.75, 3.05) is 6.54 Å². The second-order valence-electron chi connectivity index (χ2n) is 7.09. The number of nitrogens with zero attached hydrogens (tertiary/aromatic N) is 1. The summed E-state index contributed by atoms with van der Waals surface area (Å²) in [4.78, 5) is 38.1. The van der Waals surface area contributed by atoms with Crippen LogP contribution in [0.4, 0.5) is 4.79 Å². The Balaban J connectivity index is 1.60. The number of rotatable bonds is 4. The highest BCUT2D eigenvalue weighted by molar-refractivity contribution is 6.08. The third-order valence-electron chi connectivity index (χ3n) is 5.31. The first-order chi connectivity index (χ1) is 11.9. The zero-order valence-corrected chi connectivity index (χ0v) is 14.7. The minimum absolute atomic E-state index is 0.0753. The normalized spacial score (nSPS) is 26.0. The summed E-state index contributed by atoms with van der Waals surface area (Å²) >= 11 is 0. The number of benzene rings is 1. The zero-order chi connectivity index (χ0) is 18.0. The van der Waals surface area contributed by atoms with Crippen LogP contribution in [-0.2, 0) is 20.9 Å². The molecule has 134 valence electrons. The van der Waals surface area contributed by atoms with E-state index in [0.29, 0.717) is 6.42 Å². The summed E-state index contributed by atoms with van der Waals surface area (Å²) in [5.74, 6) is -0.798. The molecule has 1 heterocycles. The van der Waals surface area contributed by atoms with Gasteiger partial charge < -0.3 is 10.1 Å². The van der Waals surface area contributed by atoms with Gasteiger partial charge in [0.05, 0.1) is 0 Å². The highest BCUT2D eigenvalue weighted by atomic mass is 16.5. The van der Waals surface area contributed by atoms with Gasteiger partial charge in [-0.05, 0) is 31.2 Å². The zero-order valence-electron chi connectivity index (χ0n) is 14.7. The lowest BCUT2D eigenvalue weighted by molar-refractivity contribution is -0.149. The predicted octanol–water partition coefficient (Wildman–Crippen LogP) is 2.54. The van der Waals surface area contributed by atoms with Crippen molar-refractivity contribution in [3.63, 3.8) is 0 Å². The maximum Gasteiger partial charge on any atom is 0.326 e. The molecule has 6 heteroatoms. The van der Waals surface area contributed by atoms with Crippen molar-refractivity contribution < 1.29 is 19.1 Å². The standard InChI is InChI=1S/C19H24N2O4/c1-13-6-8-15(9-7-13)12-25-16(22)11-21-17(23)19(20-18(21)24)10-4-3-5-14(19)2/h6-9,14H,3-5,10-12H2,1-2H3,(H,20,24)/t14-,19-/m1/s1. The average Bonchev–Trinajstić information content (AvgIpc) is 2.82. The summed E-state index contributed by atoms with van der Waals surface area (Å²) in [6.45, 7) is 3.75. The molecule has 1 N–H and O–H groups in total. The van der Waals surface area contributed by atoms with Crippen LogP contribution in [0.15, 0.2) is 24.3 Å². The number of urea groups is 1. The van der Waals surface area contributed by atoms with E-state index in [1.165, 1.54) is 0 Å². The van der Waals surface area contributed by atoms with Crippen molar-refractivity contribution in [1.29, 1.82) is 0 Å². The lowest BCUT2D eigenvalue weighted by atomic mass is 9.73. The number of ether oxygens (including phenoxy) is 1. The summed E-state index contributed by atoms with van der Waals surface area (Å²) in [5.41, 5.74) is 1.15. The molecule has 0 bridgehead atoms. The van der Waals surface area contributed by atoms with E-state index in [2.05, 4.69) is 5.32 Å². The molecule has 1 aliphatic heterocycles. The molecule has 2 fully saturated rings. The van der Waals surface area contributed by atoms with Gasteiger partial charge in [0, 0.05) is 0 Å². The van der Waals surface area contributed by atoms with Gasteiger partial charge in [0.25, 0.3) is 5.91 Å². The number of amides is 3. The van der Waals surface area contributed by atoms with Gasteiger partial charge in [-0.2, -0.15) is 0 Å². The Bertz CT molecular complexity index is 685. The average molecular weight is 344 g/mol. The highest BCUT2D eigenvalue weighted by Gasteiger charge is 2.55. The Morgan fingerprint density at radius 2 is 2.00 bits per heavy atom. The molecule has 25 heavy (non-hydrogen) atoms. The van der Waals surface area contributed by atoms with E-state index in [9.17, 15) is 14.4 Å². The number of hydrogen-bond acceptors (Lipinski definition) is 4. The van der Waals surface area contributed by atoms with Crippen molar-refractivity contribution in [3.05, 3.63) is 35.4 Å². The summed E-state index contributed by atoms with van der Waals surface area (Å²) in [6.07, 6.45) is 3.50. The monoisotopic (exact) mass is 344 g/mol. The molecule has 2 atom stereocenters. The van der Waals surface area contributed by atoms with Crippen LogP contribution < -0.4 is 5.32 Å². The molecule has 1 saturated carbocycles. The van der Waals surface area contributed by atoms with E-state index in [-0.39, 0.29) is 25.0 Å². The molecule has 1 aromatic carbocycles. The van der Waals surface area contributed by atoms with E-state index >= 15 is 0 Å². The first kappa shape index (κ1) is 17.5. The van der Waals surface area contributed by atoms with Crippen LogP contribution in [0.2, 0.25) is 0 Å². The molecule has 2 aliphatic rings. The number of nitrogens with one attached hydrogen (secondary N) is 1. The second kappa shape index (κ2) is 6.86. The van der Waals surface area contributed by atoms with Crippen molar-refractivity contribution in [3.8, 4) is 0 Å². The third-order valence-corrected chi connectivity index (χ3v) is 5.31. The van der Waals surface area contributed by atoms with Crippen LogP contribution in [0.5, 0.6) is 0 Å². The number of carbonyl (C=O) groups is 3. The Morgan fingerprint density at radius 3 is 2.68 bits per heavy atom. The molecule has 1 spiro atoms. The lowest BCUT2D eigenvalue weighted by Gasteiger charge is -2.36. The molecule has 1 aliphatic carbocycles. The van der Waals surface area contributed by atoms with Crippen molar-refractivity contribution in [1.82, 2.24) is 10.2 Å². The van der Waals surface area contributed by atoms with Gasteiger partial charge >= 0.3 is 12.0 Å². The van der Waals surface area contributed by atoms with E-state index in [0.717, 1.165) is 35.3 Å². The molecule has 6 nitrogen and oxygen atoms in total. The van der Waals surface area contributed by atoms with Crippen molar-refractivity contribution >= 4 is 17.9 Å². The largest absolute Gasteiger partial charge is 0.459 e. The van der Waals surface area contributed by atoms with Crippen LogP contribution in [0.3, 0.4) is 0 Å². The van der Waals surface area contributed by atoms with Crippen LogP contribution in [-0.4, -0.2) is 34.9 Å². The molecule has 0 unspecified atom stereocenters. The fourth-order valence-corrected chi connectivity index (χ4v) is 3.66.